The van der Waals surface area contributed by atoms with Gasteiger partial charge in [0.1, 0.15) is 6.54 Å². The number of carbonyl (C=O) groups is 1. The minimum Gasteiger partial charge on any atom is -0.357 e. The summed E-state index contributed by atoms with van der Waals surface area (Å²) >= 11 is 12.1. The lowest BCUT2D eigenvalue weighted by molar-refractivity contribution is -0.127. The van der Waals surface area contributed by atoms with Crippen molar-refractivity contribution >= 4 is 59.0 Å². The van der Waals surface area contributed by atoms with Crippen LogP contribution < -0.4 is 10.6 Å². The number of nitrogens with zero attached hydrogens (tertiary/aromatic N) is 2. The minimum absolute atomic E-state index is 0. The van der Waals surface area contributed by atoms with Gasteiger partial charge in [-0.1, -0.05) is 43.1 Å². The van der Waals surface area contributed by atoms with Crippen molar-refractivity contribution in [2.75, 3.05) is 33.7 Å². The number of carbonyl (C=O) groups excluding carboxylic acids is 1. The Morgan fingerprint density at radius 2 is 1.84 bits per heavy atom. The van der Waals surface area contributed by atoms with Gasteiger partial charge < -0.3 is 15.5 Å². The molecule has 0 aliphatic rings. The molecular formula is C17H27Cl2IN4O. The van der Waals surface area contributed by atoms with Gasteiger partial charge in [-0.15, -0.1) is 24.0 Å². The summed E-state index contributed by atoms with van der Waals surface area (Å²) in [4.78, 5) is 17.5. The van der Waals surface area contributed by atoms with Gasteiger partial charge in [-0.2, -0.15) is 0 Å². The molecule has 0 bridgehead atoms. The normalized spacial score (nSPS) is 11.6. The van der Waals surface area contributed by atoms with Crippen LogP contribution in [-0.2, 0) is 10.2 Å². The molecule has 0 saturated carbocycles. The predicted octanol–water partition coefficient (Wildman–Crippen LogP) is 3.53. The summed E-state index contributed by atoms with van der Waals surface area (Å²) in [5.74, 6) is 0.566. The third kappa shape index (κ3) is 8.00. The molecule has 0 unspecified atom stereocenters. The molecule has 0 aliphatic heterocycles. The van der Waals surface area contributed by atoms with Crippen LogP contribution in [0.1, 0.15) is 26.3 Å². The first kappa shape index (κ1) is 24.3. The summed E-state index contributed by atoms with van der Waals surface area (Å²) in [5.41, 5.74) is 0.889. The number of benzene rings is 1. The van der Waals surface area contributed by atoms with Gasteiger partial charge in [-0.3, -0.25) is 4.79 Å². The highest BCUT2D eigenvalue weighted by atomic mass is 127. The topological polar surface area (TPSA) is 56.7 Å². The van der Waals surface area contributed by atoms with Gasteiger partial charge in [-0.25, -0.2) is 4.99 Å². The van der Waals surface area contributed by atoms with Crippen LogP contribution in [0.15, 0.2) is 23.2 Å². The fraction of sp³-hybridized carbons (Fsp3) is 0.529. The summed E-state index contributed by atoms with van der Waals surface area (Å²) < 4.78 is 0. The van der Waals surface area contributed by atoms with E-state index in [9.17, 15) is 4.79 Å². The zero-order valence-corrected chi connectivity index (χ0v) is 19.2. The van der Waals surface area contributed by atoms with E-state index >= 15 is 0 Å². The Labute approximate surface area is 177 Å². The minimum atomic E-state index is -0.185. The molecule has 8 heteroatoms. The van der Waals surface area contributed by atoms with Crippen molar-refractivity contribution < 1.29 is 4.79 Å². The lowest BCUT2D eigenvalue weighted by atomic mass is 9.84. The van der Waals surface area contributed by atoms with Crippen molar-refractivity contribution in [2.45, 2.75) is 26.2 Å². The molecule has 1 aromatic carbocycles. The summed E-state index contributed by atoms with van der Waals surface area (Å²) in [6.07, 6.45) is 0. The van der Waals surface area contributed by atoms with Crippen molar-refractivity contribution in [1.29, 1.82) is 0 Å². The number of amides is 1. The second kappa shape index (κ2) is 11.1. The molecule has 2 N–H and O–H groups in total. The Morgan fingerprint density at radius 1 is 1.20 bits per heavy atom. The molecule has 0 atom stereocenters. The van der Waals surface area contributed by atoms with Gasteiger partial charge in [0.15, 0.2) is 5.96 Å². The first-order valence-corrected chi connectivity index (χ1v) is 8.61. The van der Waals surface area contributed by atoms with E-state index in [2.05, 4.69) is 29.5 Å². The van der Waals surface area contributed by atoms with Gasteiger partial charge in [-0.05, 0) is 24.6 Å². The molecule has 0 spiro atoms. The van der Waals surface area contributed by atoms with E-state index in [4.69, 9.17) is 23.2 Å². The van der Waals surface area contributed by atoms with E-state index < -0.39 is 0 Å². The van der Waals surface area contributed by atoms with Crippen LogP contribution in [0.2, 0.25) is 10.0 Å². The SMILES string of the molecule is CCNC(=NCC(=O)N(C)C)NCC(C)(C)c1ccc(Cl)c(Cl)c1.I. The van der Waals surface area contributed by atoms with E-state index in [0.717, 1.165) is 12.1 Å². The van der Waals surface area contributed by atoms with Crippen LogP contribution in [0.25, 0.3) is 0 Å². The van der Waals surface area contributed by atoms with E-state index in [-0.39, 0.29) is 41.8 Å². The largest absolute Gasteiger partial charge is 0.357 e. The van der Waals surface area contributed by atoms with Crippen molar-refractivity contribution in [2.24, 2.45) is 4.99 Å². The van der Waals surface area contributed by atoms with Gasteiger partial charge in [0.25, 0.3) is 0 Å². The standard InChI is InChI=1S/C17H26Cl2N4O.HI/c1-6-20-16(21-10-15(24)23(4)5)22-11-17(2,3)12-7-8-13(18)14(19)9-12;/h7-9H,6,10-11H2,1-5H3,(H2,20,21,22);1H. The lowest BCUT2D eigenvalue weighted by Crippen LogP contribution is -2.44. The first-order valence-electron chi connectivity index (χ1n) is 7.85. The quantitative estimate of drug-likeness (QED) is 0.357. The third-order valence-electron chi connectivity index (χ3n) is 3.61. The Hall–Kier alpha value is -0.730. The zero-order chi connectivity index (χ0) is 18.3. The predicted molar refractivity (Wildman–Crippen MR) is 118 cm³/mol. The molecule has 1 rings (SSSR count). The van der Waals surface area contributed by atoms with Gasteiger partial charge in [0.05, 0.1) is 10.0 Å². The van der Waals surface area contributed by atoms with Gasteiger partial charge in [0, 0.05) is 32.6 Å². The number of hydrogen-bond acceptors (Lipinski definition) is 2. The Kier molecular flexibility index (Phi) is 10.8. The smallest absolute Gasteiger partial charge is 0.243 e. The van der Waals surface area contributed by atoms with E-state index in [1.807, 2.05) is 19.1 Å². The second-order valence-electron chi connectivity index (χ2n) is 6.35. The monoisotopic (exact) mass is 500 g/mol. The number of hydrogen-bond donors (Lipinski definition) is 2. The average molecular weight is 501 g/mol. The third-order valence-corrected chi connectivity index (χ3v) is 4.35. The van der Waals surface area contributed by atoms with Crippen LogP contribution in [0.5, 0.6) is 0 Å². The highest BCUT2D eigenvalue weighted by Gasteiger charge is 2.22. The number of halogens is 3. The zero-order valence-electron chi connectivity index (χ0n) is 15.3. The molecule has 5 nitrogen and oxygen atoms in total. The Balaban J connectivity index is 0.00000576. The highest BCUT2D eigenvalue weighted by Crippen LogP contribution is 2.29. The molecule has 1 amide bonds. The maximum atomic E-state index is 11.7. The Morgan fingerprint density at radius 3 is 2.36 bits per heavy atom. The Bertz CT molecular complexity index is 606. The molecule has 25 heavy (non-hydrogen) atoms. The number of aliphatic imine (C=N–C) groups is 1. The number of guanidine groups is 1. The van der Waals surface area contributed by atoms with E-state index in [1.165, 1.54) is 4.90 Å². The second-order valence-corrected chi connectivity index (χ2v) is 7.16. The molecule has 0 radical (unpaired) electrons. The lowest BCUT2D eigenvalue weighted by Gasteiger charge is -2.27. The molecule has 0 saturated heterocycles. The molecule has 0 fully saturated rings. The number of nitrogens with one attached hydrogen (secondary N) is 2. The molecule has 0 aromatic heterocycles. The van der Waals surface area contributed by atoms with Crippen LogP contribution >= 0.6 is 47.2 Å². The summed E-state index contributed by atoms with van der Waals surface area (Å²) in [5, 5.41) is 7.51. The first-order chi connectivity index (χ1) is 11.2. The van der Waals surface area contributed by atoms with Crippen molar-refractivity contribution in [3.8, 4) is 0 Å². The highest BCUT2D eigenvalue weighted by molar-refractivity contribution is 14.0. The number of rotatable bonds is 6. The summed E-state index contributed by atoms with van der Waals surface area (Å²) in [6.45, 7) is 7.65. The van der Waals surface area contributed by atoms with Gasteiger partial charge in [0.2, 0.25) is 5.91 Å². The van der Waals surface area contributed by atoms with E-state index in [1.54, 1.807) is 20.2 Å². The average Bonchev–Trinajstić information content (AvgIpc) is 2.52. The van der Waals surface area contributed by atoms with Gasteiger partial charge >= 0.3 is 0 Å². The van der Waals surface area contributed by atoms with Crippen LogP contribution in [0.4, 0.5) is 0 Å². The van der Waals surface area contributed by atoms with Crippen LogP contribution in [-0.4, -0.2) is 50.5 Å². The summed E-state index contributed by atoms with van der Waals surface area (Å²) in [7, 11) is 3.43. The van der Waals surface area contributed by atoms with Crippen LogP contribution in [0.3, 0.4) is 0 Å². The molecule has 0 aliphatic carbocycles. The fourth-order valence-corrected chi connectivity index (χ4v) is 2.25. The molecule has 142 valence electrons. The maximum Gasteiger partial charge on any atom is 0.243 e. The maximum absolute atomic E-state index is 11.7. The van der Waals surface area contributed by atoms with E-state index in [0.29, 0.717) is 22.5 Å². The van der Waals surface area contributed by atoms with Crippen molar-refractivity contribution in [1.82, 2.24) is 15.5 Å². The fourth-order valence-electron chi connectivity index (χ4n) is 1.95. The summed E-state index contributed by atoms with van der Waals surface area (Å²) in [6, 6.07) is 5.65. The van der Waals surface area contributed by atoms with Crippen molar-refractivity contribution in [3.05, 3.63) is 33.8 Å². The number of likely N-dealkylation sites (N-methyl/N-ethyl adjacent to an activating group) is 1. The molecule has 0 heterocycles. The van der Waals surface area contributed by atoms with Crippen molar-refractivity contribution in [3.63, 3.8) is 0 Å². The molecular weight excluding hydrogens is 474 g/mol. The molecule has 1 aromatic rings. The van der Waals surface area contributed by atoms with Crippen LogP contribution in [0, 0.1) is 0 Å².